The molecule has 10 rings (SSSR count). The van der Waals surface area contributed by atoms with Crippen molar-refractivity contribution in [3.05, 3.63) is 158 Å². The molecule has 0 aliphatic carbocycles. The van der Waals surface area contributed by atoms with Gasteiger partial charge in [-0.2, -0.15) is 0 Å². The summed E-state index contributed by atoms with van der Waals surface area (Å²) in [6, 6.07) is 57.0. The number of furan rings is 1. The summed E-state index contributed by atoms with van der Waals surface area (Å²) in [6.07, 6.45) is 0. The van der Waals surface area contributed by atoms with Crippen LogP contribution in [0.15, 0.2) is 162 Å². The monoisotopic (exact) mass is 654 g/mol. The Balaban J connectivity index is 1.24. The third-order valence-corrected chi connectivity index (χ3v) is 11.5. The molecule has 0 radical (unpaired) electrons. The number of hydrogen-bond acceptors (Lipinski definition) is 2. The molecule has 46 heavy (non-hydrogen) atoms. The topological polar surface area (TPSA) is 21.3 Å². The average Bonchev–Trinajstić information content (AvgIpc) is 3.77. The second-order valence-corrected chi connectivity index (χ2v) is 14.1. The van der Waals surface area contributed by atoms with Crippen molar-refractivity contribution in [2.24, 2.45) is 0 Å². The van der Waals surface area contributed by atoms with Crippen LogP contribution in [-0.2, 0) is 0 Å². The maximum absolute atomic E-state index is 6.39. The van der Waals surface area contributed by atoms with Gasteiger partial charge in [-0.25, -0.2) is 0 Å². The summed E-state index contributed by atoms with van der Waals surface area (Å²) >= 11 is 0.264. The van der Waals surface area contributed by atoms with Gasteiger partial charge in [0.15, 0.2) is 0 Å². The van der Waals surface area contributed by atoms with Gasteiger partial charge in [0.2, 0.25) is 0 Å². The number of nitrogens with zero attached hydrogens (tertiary/aromatic N) is 2. The predicted octanol–water partition coefficient (Wildman–Crippen LogP) is 11.5. The number of anilines is 3. The molecule has 216 valence electrons. The molecule has 7 aromatic carbocycles. The number of para-hydroxylation sites is 3. The van der Waals surface area contributed by atoms with Crippen molar-refractivity contribution in [1.82, 2.24) is 4.57 Å². The fraction of sp³-hybridized carbons (Fsp3) is 0. The van der Waals surface area contributed by atoms with Gasteiger partial charge in [0.05, 0.1) is 0 Å². The van der Waals surface area contributed by atoms with Gasteiger partial charge in [-0.15, -0.1) is 0 Å². The van der Waals surface area contributed by atoms with Gasteiger partial charge in [-0.3, -0.25) is 0 Å². The molecule has 0 saturated heterocycles. The van der Waals surface area contributed by atoms with E-state index in [-0.39, 0.29) is 14.5 Å². The molecule has 3 heterocycles. The molecule has 3 aromatic heterocycles. The molecule has 0 N–H and O–H groups in total. The van der Waals surface area contributed by atoms with E-state index >= 15 is 0 Å². The van der Waals surface area contributed by atoms with Crippen LogP contribution in [-0.4, -0.2) is 19.1 Å². The average molecular weight is 654 g/mol. The summed E-state index contributed by atoms with van der Waals surface area (Å²) < 4.78 is 11.6. The minimum absolute atomic E-state index is 0.264. The molecular weight excluding hydrogens is 627 g/mol. The fourth-order valence-corrected chi connectivity index (χ4v) is 9.50. The predicted molar refractivity (Wildman–Crippen MR) is 195 cm³/mol. The minimum atomic E-state index is 0.264. The van der Waals surface area contributed by atoms with Crippen molar-refractivity contribution < 1.29 is 4.42 Å². The summed E-state index contributed by atoms with van der Waals surface area (Å²) in [7, 11) is 0. The zero-order chi connectivity index (χ0) is 30.2. The van der Waals surface area contributed by atoms with Gasteiger partial charge < -0.3 is 0 Å². The van der Waals surface area contributed by atoms with Crippen LogP contribution < -0.4 is 4.90 Å². The van der Waals surface area contributed by atoms with Crippen LogP contribution in [0.3, 0.4) is 0 Å². The number of hydrogen-bond donors (Lipinski definition) is 0. The molecule has 0 aliphatic heterocycles. The van der Waals surface area contributed by atoms with Gasteiger partial charge in [0.25, 0.3) is 0 Å². The van der Waals surface area contributed by atoms with Crippen molar-refractivity contribution in [2.45, 2.75) is 0 Å². The Bertz CT molecular complexity index is 2650. The van der Waals surface area contributed by atoms with Crippen LogP contribution in [0.25, 0.3) is 68.7 Å². The van der Waals surface area contributed by atoms with E-state index in [9.17, 15) is 0 Å². The first-order chi connectivity index (χ1) is 22.8. The Hall–Kier alpha value is -5.54. The third kappa shape index (κ3) is 3.85. The molecule has 0 saturated carbocycles. The second-order valence-electron chi connectivity index (χ2n) is 11.8. The Labute approximate surface area is 270 Å². The summed E-state index contributed by atoms with van der Waals surface area (Å²) in [5, 5.41) is 7.48. The number of aromatic nitrogens is 1. The van der Waals surface area contributed by atoms with E-state index in [2.05, 4.69) is 155 Å². The summed E-state index contributed by atoms with van der Waals surface area (Å²) in [5.41, 5.74) is 8.65. The van der Waals surface area contributed by atoms with Crippen LogP contribution in [0.2, 0.25) is 0 Å². The van der Waals surface area contributed by atoms with Crippen molar-refractivity contribution in [2.75, 3.05) is 4.90 Å². The van der Waals surface area contributed by atoms with Crippen molar-refractivity contribution >= 4 is 94.6 Å². The van der Waals surface area contributed by atoms with Crippen LogP contribution in [0, 0.1) is 0 Å². The molecule has 3 nitrogen and oxygen atoms in total. The van der Waals surface area contributed by atoms with E-state index in [1.807, 2.05) is 12.1 Å². The third-order valence-electron chi connectivity index (χ3n) is 9.17. The molecule has 0 aliphatic rings. The SMILES string of the molecule is c1ccc(-n2c3ccccc3c3ccc(N(c4ccc5c(c4)oc4ccccc45)c4ccc5c(c4)[se]c4ccccc45)cc32)cc1. The molecule has 0 atom stereocenters. The summed E-state index contributed by atoms with van der Waals surface area (Å²) in [6.45, 7) is 0. The summed E-state index contributed by atoms with van der Waals surface area (Å²) in [5.74, 6) is 0. The van der Waals surface area contributed by atoms with Crippen LogP contribution in [0.4, 0.5) is 17.1 Å². The first-order valence-corrected chi connectivity index (χ1v) is 17.2. The maximum atomic E-state index is 6.39. The molecule has 4 heteroatoms. The van der Waals surface area contributed by atoms with Crippen molar-refractivity contribution in [3.8, 4) is 5.69 Å². The molecule has 10 aromatic rings. The van der Waals surface area contributed by atoms with E-state index in [0.29, 0.717) is 0 Å². The van der Waals surface area contributed by atoms with E-state index in [0.717, 1.165) is 44.7 Å². The molecule has 0 spiro atoms. The van der Waals surface area contributed by atoms with Gasteiger partial charge in [-0.1, -0.05) is 0 Å². The van der Waals surface area contributed by atoms with E-state index < -0.39 is 0 Å². The molecule has 0 fully saturated rings. The number of fused-ring (bicyclic) bond motifs is 9. The molecule has 0 amide bonds. The standard InChI is InChI=1S/C42H26N2OSe/c1-2-10-27(11-3-1)44-37-15-7-4-12-31(37)32-21-18-28(24-38(32)44)43(29-19-22-34-33-13-5-8-16-39(33)45-40(34)25-29)30-20-23-36-35-14-6-9-17-41(35)46-42(36)26-30/h1-26H. The zero-order valence-corrected chi connectivity index (χ0v) is 26.4. The quantitative estimate of drug-likeness (QED) is 0.176. The van der Waals surface area contributed by atoms with Crippen molar-refractivity contribution in [1.29, 1.82) is 0 Å². The van der Waals surface area contributed by atoms with Crippen LogP contribution in [0.5, 0.6) is 0 Å². The van der Waals surface area contributed by atoms with Crippen molar-refractivity contribution in [3.63, 3.8) is 0 Å². The van der Waals surface area contributed by atoms with E-state index in [1.54, 1.807) is 0 Å². The van der Waals surface area contributed by atoms with Gasteiger partial charge in [0.1, 0.15) is 0 Å². The van der Waals surface area contributed by atoms with Gasteiger partial charge in [-0.05, 0) is 0 Å². The Morgan fingerprint density at radius 2 is 1.00 bits per heavy atom. The Morgan fingerprint density at radius 3 is 1.87 bits per heavy atom. The van der Waals surface area contributed by atoms with Gasteiger partial charge in [0, 0.05) is 0 Å². The van der Waals surface area contributed by atoms with Crippen LogP contribution in [0.1, 0.15) is 0 Å². The fourth-order valence-electron chi connectivity index (χ4n) is 7.11. The molecule has 0 bridgehead atoms. The number of rotatable bonds is 4. The number of benzene rings is 7. The summed E-state index contributed by atoms with van der Waals surface area (Å²) in [4.78, 5) is 2.39. The normalized spacial score (nSPS) is 11.9. The van der Waals surface area contributed by atoms with Crippen LogP contribution >= 0.6 is 0 Å². The zero-order valence-electron chi connectivity index (χ0n) is 24.7. The first-order valence-electron chi connectivity index (χ1n) is 15.5. The van der Waals surface area contributed by atoms with E-state index in [1.165, 1.54) is 41.1 Å². The molecule has 0 unspecified atom stereocenters. The van der Waals surface area contributed by atoms with Gasteiger partial charge >= 0.3 is 272 Å². The van der Waals surface area contributed by atoms with E-state index in [4.69, 9.17) is 4.42 Å². The second kappa shape index (κ2) is 9.98. The molecular formula is C42H26N2OSe. The Morgan fingerprint density at radius 1 is 0.413 bits per heavy atom. The Kier molecular flexibility index (Phi) is 5.59. The first kappa shape index (κ1) is 25.8.